The first-order valence-corrected chi connectivity index (χ1v) is 4.32. The largest absolute Gasteiger partial charge is 0.353 e. The van der Waals surface area contributed by atoms with Crippen LogP contribution in [-0.4, -0.2) is 11.9 Å². The van der Waals surface area contributed by atoms with Gasteiger partial charge in [-0.05, 0) is 19.3 Å². The smallest absolute Gasteiger partial charge is 0.221 e. The number of nitriles is 1. The Bertz CT molecular complexity index is 219. The SMILES string of the molecule is CC(C#N)CC(=O)N[C@@H]1C[C@H]1C. The van der Waals surface area contributed by atoms with E-state index in [0.717, 1.165) is 6.42 Å². The molecule has 1 aliphatic rings. The molecule has 66 valence electrons. The lowest BCUT2D eigenvalue weighted by Gasteiger charge is -2.03. The number of amides is 1. The molecule has 3 nitrogen and oxygen atoms in total. The Hall–Kier alpha value is -1.04. The maximum atomic E-state index is 11.1. The standard InChI is InChI=1S/C9H14N2O/c1-6(5-10)3-9(12)11-8-4-7(8)2/h6-8H,3-4H2,1-2H3,(H,11,12)/t6?,7-,8-/m1/s1. The maximum absolute atomic E-state index is 11.1. The molecule has 1 amide bonds. The number of hydrogen-bond donors (Lipinski definition) is 1. The van der Waals surface area contributed by atoms with Crippen LogP contribution in [0.2, 0.25) is 0 Å². The van der Waals surface area contributed by atoms with E-state index in [1.807, 2.05) is 6.07 Å². The zero-order chi connectivity index (χ0) is 9.14. The number of rotatable bonds is 3. The summed E-state index contributed by atoms with van der Waals surface area (Å²) < 4.78 is 0. The summed E-state index contributed by atoms with van der Waals surface area (Å²) in [6, 6.07) is 2.42. The zero-order valence-corrected chi connectivity index (χ0v) is 7.50. The molecule has 0 saturated heterocycles. The summed E-state index contributed by atoms with van der Waals surface area (Å²) in [6.45, 7) is 3.87. The van der Waals surface area contributed by atoms with Crippen molar-refractivity contribution in [2.45, 2.75) is 32.7 Å². The van der Waals surface area contributed by atoms with Gasteiger partial charge in [-0.15, -0.1) is 0 Å². The lowest BCUT2D eigenvalue weighted by molar-refractivity contribution is -0.121. The van der Waals surface area contributed by atoms with Crippen molar-refractivity contribution in [2.75, 3.05) is 0 Å². The number of nitrogens with zero attached hydrogens (tertiary/aromatic N) is 1. The van der Waals surface area contributed by atoms with Gasteiger partial charge < -0.3 is 5.32 Å². The molecule has 1 fully saturated rings. The van der Waals surface area contributed by atoms with Crippen LogP contribution in [0.3, 0.4) is 0 Å². The summed E-state index contributed by atoms with van der Waals surface area (Å²) in [6.07, 6.45) is 1.42. The molecule has 0 aromatic heterocycles. The molecule has 0 heterocycles. The Balaban J connectivity index is 2.17. The van der Waals surface area contributed by atoms with Crippen molar-refractivity contribution in [1.82, 2.24) is 5.32 Å². The average molecular weight is 166 g/mol. The van der Waals surface area contributed by atoms with E-state index in [4.69, 9.17) is 5.26 Å². The van der Waals surface area contributed by atoms with E-state index in [0.29, 0.717) is 18.4 Å². The Morgan fingerprint density at radius 2 is 2.42 bits per heavy atom. The summed E-state index contributed by atoms with van der Waals surface area (Å²) in [5.41, 5.74) is 0. The third-order valence-corrected chi connectivity index (χ3v) is 2.17. The normalized spacial score (nSPS) is 28.8. The van der Waals surface area contributed by atoms with Crippen LogP contribution in [0.15, 0.2) is 0 Å². The Morgan fingerprint density at radius 3 is 2.83 bits per heavy atom. The van der Waals surface area contributed by atoms with E-state index in [2.05, 4.69) is 12.2 Å². The molecule has 3 heteroatoms. The van der Waals surface area contributed by atoms with Crippen molar-refractivity contribution in [3.8, 4) is 6.07 Å². The van der Waals surface area contributed by atoms with Gasteiger partial charge in [-0.3, -0.25) is 4.79 Å². The van der Waals surface area contributed by atoms with E-state index in [1.165, 1.54) is 0 Å². The first-order valence-electron chi connectivity index (χ1n) is 4.32. The van der Waals surface area contributed by atoms with Crippen molar-refractivity contribution >= 4 is 5.91 Å². The molecule has 1 unspecified atom stereocenters. The minimum Gasteiger partial charge on any atom is -0.353 e. The highest BCUT2D eigenvalue weighted by atomic mass is 16.1. The molecule has 0 aromatic carbocycles. The van der Waals surface area contributed by atoms with Crippen molar-refractivity contribution in [3.05, 3.63) is 0 Å². The van der Waals surface area contributed by atoms with Gasteiger partial charge in [0.05, 0.1) is 12.0 Å². The van der Waals surface area contributed by atoms with Crippen molar-refractivity contribution in [3.63, 3.8) is 0 Å². The molecule has 0 aromatic rings. The fourth-order valence-electron chi connectivity index (χ4n) is 1.11. The number of carbonyl (C=O) groups is 1. The van der Waals surface area contributed by atoms with E-state index in [-0.39, 0.29) is 11.8 Å². The fourth-order valence-corrected chi connectivity index (χ4v) is 1.11. The maximum Gasteiger partial charge on any atom is 0.221 e. The molecule has 0 radical (unpaired) electrons. The Morgan fingerprint density at radius 1 is 1.83 bits per heavy atom. The highest BCUT2D eigenvalue weighted by Gasteiger charge is 2.33. The van der Waals surface area contributed by atoms with Crippen LogP contribution in [0.25, 0.3) is 0 Å². The van der Waals surface area contributed by atoms with Crippen molar-refractivity contribution < 1.29 is 4.79 Å². The van der Waals surface area contributed by atoms with Gasteiger partial charge in [0.15, 0.2) is 0 Å². The van der Waals surface area contributed by atoms with Crippen LogP contribution >= 0.6 is 0 Å². The van der Waals surface area contributed by atoms with E-state index in [9.17, 15) is 4.79 Å². The second kappa shape index (κ2) is 3.57. The number of nitrogens with one attached hydrogen (secondary N) is 1. The summed E-state index contributed by atoms with van der Waals surface area (Å²) >= 11 is 0. The van der Waals surface area contributed by atoms with Gasteiger partial charge in [0, 0.05) is 12.5 Å². The Labute approximate surface area is 72.8 Å². The topological polar surface area (TPSA) is 52.9 Å². The first-order chi connectivity index (χ1) is 5.63. The molecular weight excluding hydrogens is 152 g/mol. The van der Waals surface area contributed by atoms with Crippen LogP contribution in [0, 0.1) is 23.2 Å². The van der Waals surface area contributed by atoms with Crippen LogP contribution in [0.4, 0.5) is 0 Å². The Kier molecular flexibility index (Phi) is 2.69. The molecule has 0 spiro atoms. The minimum atomic E-state index is -0.168. The molecule has 12 heavy (non-hydrogen) atoms. The van der Waals surface area contributed by atoms with Crippen LogP contribution in [0.1, 0.15) is 26.7 Å². The number of carbonyl (C=O) groups excluding carboxylic acids is 1. The molecule has 0 aliphatic heterocycles. The monoisotopic (exact) mass is 166 g/mol. The van der Waals surface area contributed by atoms with Gasteiger partial charge in [0.25, 0.3) is 0 Å². The molecule has 0 bridgehead atoms. The van der Waals surface area contributed by atoms with Gasteiger partial charge in [0.2, 0.25) is 5.91 Å². The highest BCUT2D eigenvalue weighted by molar-refractivity contribution is 5.77. The lowest BCUT2D eigenvalue weighted by Crippen LogP contribution is -2.27. The third kappa shape index (κ3) is 2.54. The zero-order valence-electron chi connectivity index (χ0n) is 7.50. The summed E-state index contributed by atoms with van der Waals surface area (Å²) in [5, 5.41) is 11.3. The van der Waals surface area contributed by atoms with Crippen molar-refractivity contribution in [1.29, 1.82) is 5.26 Å². The fraction of sp³-hybridized carbons (Fsp3) is 0.778. The molecule has 1 N–H and O–H groups in total. The molecule has 1 aliphatic carbocycles. The van der Waals surface area contributed by atoms with Gasteiger partial charge in [0.1, 0.15) is 0 Å². The lowest BCUT2D eigenvalue weighted by atomic mass is 10.1. The second-order valence-corrected chi connectivity index (χ2v) is 3.62. The summed E-state index contributed by atoms with van der Waals surface area (Å²) in [7, 11) is 0. The molecule has 1 rings (SSSR count). The summed E-state index contributed by atoms with van der Waals surface area (Å²) in [4.78, 5) is 11.1. The predicted molar refractivity (Wildman–Crippen MR) is 45.1 cm³/mol. The number of hydrogen-bond acceptors (Lipinski definition) is 2. The van der Waals surface area contributed by atoms with Crippen LogP contribution < -0.4 is 5.32 Å². The third-order valence-electron chi connectivity index (χ3n) is 2.17. The van der Waals surface area contributed by atoms with Crippen LogP contribution in [-0.2, 0) is 4.79 Å². The molecule has 1 saturated carbocycles. The quantitative estimate of drug-likeness (QED) is 0.681. The minimum absolute atomic E-state index is 0.0124. The van der Waals surface area contributed by atoms with E-state index < -0.39 is 0 Å². The van der Waals surface area contributed by atoms with Gasteiger partial charge in [-0.25, -0.2) is 0 Å². The average Bonchev–Trinajstić information content (AvgIpc) is 2.66. The van der Waals surface area contributed by atoms with E-state index in [1.54, 1.807) is 6.92 Å². The van der Waals surface area contributed by atoms with E-state index >= 15 is 0 Å². The first kappa shape index (κ1) is 9.05. The second-order valence-electron chi connectivity index (χ2n) is 3.62. The van der Waals surface area contributed by atoms with Crippen molar-refractivity contribution in [2.24, 2.45) is 11.8 Å². The molecule has 3 atom stereocenters. The highest BCUT2D eigenvalue weighted by Crippen LogP contribution is 2.29. The molecular formula is C9H14N2O. The van der Waals surface area contributed by atoms with Crippen LogP contribution in [0.5, 0.6) is 0 Å². The summed E-state index contributed by atoms with van der Waals surface area (Å²) in [5.74, 6) is 0.476. The van der Waals surface area contributed by atoms with Gasteiger partial charge in [-0.2, -0.15) is 5.26 Å². The predicted octanol–water partition coefficient (Wildman–Crippen LogP) is 1.06. The van der Waals surface area contributed by atoms with Gasteiger partial charge >= 0.3 is 0 Å². The van der Waals surface area contributed by atoms with Gasteiger partial charge in [-0.1, -0.05) is 6.92 Å².